The van der Waals surface area contributed by atoms with E-state index in [9.17, 15) is 14.0 Å². The monoisotopic (exact) mass is 510 g/mol. The second-order valence-corrected chi connectivity index (χ2v) is 10.6. The first kappa shape index (κ1) is 26.0. The maximum absolute atomic E-state index is 13.3. The van der Waals surface area contributed by atoms with E-state index in [1.807, 2.05) is 26.0 Å². The molecule has 1 aliphatic heterocycles. The third kappa shape index (κ3) is 5.85. The standard InChI is InChI=1S/C29H31FO5S/c1-16-6-7-22(28-29(35-20(5)32)27(34-19(4)31)17(2)18(3)33-28)14-23(16)15-25-12-13-26(36-25)21-8-10-24(30)11-9-21/h6-14,17-18,27-29H,15H2,1-5H3/t17-,18-,27+,28?,29-/m1/s1. The summed E-state index contributed by atoms with van der Waals surface area (Å²) < 4.78 is 30.9. The molecule has 0 N–H and O–H groups in total. The van der Waals surface area contributed by atoms with Gasteiger partial charge in [-0.15, -0.1) is 11.3 Å². The molecule has 0 aliphatic carbocycles. The summed E-state index contributed by atoms with van der Waals surface area (Å²) in [7, 11) is 0. The minimum atomic E-state index is -0.750. The van der Waals surface area contributed by atoms with Crippen LogP contribution in [-0.4, -0.2) is 30.3 Å². The molecule has 1 fully saturated rings. The number of benzene rings is 2. The van der Waals surface area contributed by atoms with Gasteiger partial charge in [0.2, 0.25) is 0 Å². The van der Waals surface area contributed by atoms with Crippen LogP contribution in [0.3, 0.4) is 0 Å². The normalized spacial score (nSPS) is 23.8. The molecule has 0 spiro atoms. The fraction of sp³-hybridized carbons (Fsp3) is 0.379. The van der Waals surface area contributed by atoms with E-state index >= 15 is 0 Å². The molecule has 0 amide bonds. The predicted octanol–water partition coefficient (Wildman–Crippen LogP) is 6.41. The number of rotatable bonds is 6. The number of ether oxygens (including phenoxy) is 3. The van der Waals surface area contributed by atoms with Gasteiger partial charge in [0.25, 0.3) is 0 Å². The molecule has 1 saturated heterocycles. The van der Waals surface area contributed by atoms with Crippen molar-refractivity contribution in [3.05, 3.63) is 82.0 Å². The number of carbonyl (C=O) groups is 2. The lowest BCUT2D eigenvalue weighted by atomic mass is 9.85. The van der Waals surface area contributed by atoms with E-state index in [2.05, 4.69) is 25.1 Å². The Labute approximate surface area is 215 Å². The minimum Gasteiger partial charge on any atom is -0.458 e. The molecule has 0 radical (unpaired) electrons. The van der Waals surface area contributed by atoms with Gasteiger partial charge in [-0.25, -0.2) is 4.39 Å². The van der Waals surface area contributed by atoms with Gasteiger partial charge in [0.05, 0.1) is 6.10 Å². The fourth-order valence-corrected chi connectivity index (χ4v) is 5.65. The van der Waals surface area contributed by atoms with Crippen LogP contribution in [0.4, 0.5) is 4.39 Å². The van der Waals surface area contributed by atoms with Crippen LogP contribution in [-0.2, 0) is 30.2 Å². The van der Waals surface area contributed by atoms with Crippen LogP contribution in [0, 0.1) is 18.7 Å². The fourth-order valence-electron chi connectivity index (χ4n) is 4.61. The molecule has 0 saturated carbocycles. The van der Waals surface area contributed by atoms with Gasteiger partial charge in [-0.3, -0.25) is 9.59 Å². The van der Waals surface area contributed by atoms with Gasteiger partial charge in [0.15, 0.2) is 6.10 Å². The van der Waals surface area contributed by atoms with Crippen molar-refractivity contribution in [1.29, 1.82) is 0 Å². The number of halogens is 1. The molecule has 5 atom stereocenters. The largest absolute Gasteiger partial charge is 0.458 e. The van der Waals surface area contributed by atoms with Crippen molar-refractivity contribution in [2.45, 2.75) is 65.5 Å². The molecule has 7 heteroatoms. The zero-order chi connectivity index (χ0) is 26.0. The van der Waals surface area contributed by atoms with E-state index in [1.54, 1.807) is 23.5 Å². The SMILES string of the molecule is CC(=O)O[C@H]1[C@H](C)[C@@H](C)OC(c2ccc(C)c(Cc3ccc(-c4ccc(F)cc4)s3)c2)[C@@H]1OC(C)=O. The predicted molar refractivity (Wildman–Crippen MR) is 137 cm³/mol. The van der Waals surface area contributed by atoms with Crippen LogP contribution in [0.15, 0.2) is 54.6 Å². The summed E-state index contributed by atoms with van der Waals surface area (Å²) in [5.74, 6) is -1.27. The van der Waals surface area contributed by atoms with Crippen LogP contribution in [0.2, 0.25) is 0 Å². The lowest BCUT2D eigenvalue weighted by Gasteiger charge is -2.43. The Bertz CT molecular complexity index is 1230. The van der Waals surface area contributed by atoms with Crippen LogP contribution >= 0.6 is 11.3 Å². The number of esters is 2. The van der Waals surface area contributed by atoms with E-state index in [0.717, 1.165) is 33.6 Å². The lowest BCUT2D eigenvalue weighted by Crippen LogP contribution is -2.52. The van der Waals surface area contributed by atoms with Crippen molar-refractivity contribution in [1.82, 2.24) is 0 Å². The molecule has 2 heterocycles. The second-order valence-electron chi connectivity index (χ2n) is 9.40. The Morgan fingerprint density at radius 1 is 0.944 bits per heavy atom. The first-order chi connectivity index (χ1) is 17.1. The van der Waals surface area contributed by atoms with E-state index < -0.39 is 30.3 Å². The summed E-state index contributed by atoms with van der Waals surface area (Å²) in [4.78, 5) is 26.1. The van der Waals surface area contributed by atoms with Crippen molar-refractivity contribution >= 4 is 23.3 Å². The van der Waals surface area contributed by atoms with Gasteiger partial charge in [0.1, 0.15) is 18.0 Å². The molecule has 0 bridgehead atoms. The summed E-state index contributed by atoms with van der Waals surface area (Å²) in [6.07, 6.45) is -1.41. The van der Waals surface area contributed by atoms with Gasteiger partial charge in [-0.2, -0.15) is 0 Å². The zero-order valence-corrected chi connectivity index (χ0v) is 21.9. The molecular weight excluding hydrogens is 479 g/mol. The highest BCUT2D eigenvalue weighted by Crippen LogP contribution is 2.39. The molecule has 36 heavy (non-hydrogen) atoms. The number of carbonyl (C=O) groups excluding carboxylic acids is 2. The maximum Gasteiger partial charge on any atom is 0.303 e. The number of aryl methyl sites for hydroxylation is 1. The summed E-state index contributed by atoms with van der Waals surface area (Å²) in [6.45, 7) is 8.64. The van der Waals surface area contributed by atoms with Gasteiger partial charge < -0.3 is 14.2 Å². The molecule has 1 unspecified atom stereocenters. The van der Waals surface area contributed by atoms with Gasteiger partial charge in [0, 0.05) is 35.9 Å². The van der Waals surface area contributed by atoms with Crippen LogP contribution < -0.4 is 0 Å². The van der Waals surface area contributed by atoms with Crippen molar-refractivity contribution in [2.24, 2.45) is 5.92 Å². The maximum atomic E-state index is 13.3. The van der Waals surface area contributed by atoms with Crippen LogP contribution in [0.5, 0.6) is 0 Å². The summed E-state index contributed by atoms with van der Waals surface area (Å²) >= 11 is 1.67. The minimum absolute atomic E-state index is 0.143. The second kappa shape index (κ2) is 10.9. The third-order valence-electron chi connectivity index (χ3n) is 6.70. The van der Waals surface area contributed by atoms with Crippen molar-refractivity contribution < 1.29 is 28.2 Å². The zero-order valence-electron chi connectivity index (χ0n) is 21.1. The Morgan fingerprint density at radius 2 is 1.61 bits per heavy atom. The van der Waals surface area contributed by atoms with Crippen LogP contribution in [0.1, 0.15) is 55.4 Å². The molecule has 3 aromatic rings. The number of hydrogen-bond acceptors (Lipinski definition) is 6. The molecule has 1 aromatic heterocycles. The van der Waals surface area contributed by atoms with Crippen LogP contribution in [0.25, 0.3) is 10.4 Å². The first-order valence-corrected chi connectivity index (χ1v) is 12.9. The van der Waals surface area contributed by atoms with Gasteiger partial charge >= 0.3 is 11.9 Å². The van der Waals surface area contributed by atoms with E-state index in [1.165, 1.54) is 30.9 Å². The lowest BCUT2D eigenvalue weighted by molar-refractivity contribution is -0.222. The average Bonchev–Trinajstić information content (AvgIpc) is 3.28. The highest BCUT2D eigenvalue weighted by atomic mass is 32.1. The summed E-state index contributed by atoms with van der Waals surface area (Å²) in [6, 6.07) is 16.8. The average molecular weight is 511 g/mol. The Morgan fingerprint density at radius 3 is 2.28 bits per heavy atom. The highest BCUT2D eigenvalue weighted by Gasteiger charge is 2.47. The molecule has 4 rings (SSSR count). The smallest absolute Gasteiger partial charge is 0.303 e. The van der Waals surface area contributed by atoms with E-state index in [0.29, 0.717) is 0 Å². The Kier molecular flexibility index (Phi) is 7.91. The van der Waals surface area contributed by atoms with E-state index in [4.69, 9.17) is 14.2 Å². The van der Waals surface area contributed by atoms with Crippen molar-refractivity contribution in [3.63, 3.8) is 0 Å². The molecule has 190 valence electrons. The third-order valence-corrected chi connectivity index (χ3v) is 7.84. The Hall–Kier alpha value is -3.03. The first-order valence-electron chi connectivity index (χ1n) is 12.1. The number of hydrogen-bond donors (Lipinski definition) is 0. The van der Waals surface area contributed by atoms with Gasteiger partial charge in [-0.1, -0.05) is 37.3 Å². The Balaban J connectivity index is 1.62. The number of thiophene rings is 1. The highest BCUT2D eigenvalue weighted by molar-refractivity contribution is 7.15. The molecular formula is C29H31FO5S. The molecule has 1 aliphatic rings. The van der Waals surface area contributed by atoms with Crippen molar-refractivity contribution in [3.8, 4) is 10.4 Å². The molecule has 5 nitrogen and oxygen atoms in total. The summed E-state index contributed by atoms with van der Waals surface area (Å²) in [5, 5.41) is 0. The summed E-state index contributed by atoms with van der Waals surface area (Å²) in [5.41, 5.74) is 4.11. The van der Waals surface area contributed by atoms with Crippen molar-refractivity contribution in [2.75, 3.05) is 0 Å². The van der Waals surface area contributed by atoms with E-state index in [-0.39, 0.29) is 17.8 Å². The molecule has 2 aromatic carbocycles. The quantitative estimate of drug-likeness (QED) is 0.359. The topological polar surface area (TPSA) is 61.8 Å². The van der Waals surface area contributed by atoms with Gasteiger partial charge in [-0.05, 0) is 60.4 Å².